The third kappa shape index (κ3) is 51.9. The predicted molar refractivity (Wildman–Crippen MR) is 422 cm³/mol. The Kier molecular flexibility index (Phi) is 56.9. The van der Waals surface area contributed by atoms with Crippen molar-refractivity contribution >= 4 is 127 Å². The molecule has 0 aliphatic carbocycles. The number of aliphatic carboxylic acids is 1. The third-order valence-electron chi connectivity index (χ3n) is 16.8. The number of nitrogens with one attached hydrogen (secondary N) is 8. The summed E-state index contributed by atoms with van der Waals surface area (Å²) in [5.74, 6) is -15.1. The fourth-order valence-electron chi connectivity index (χ4n) is 10.9. The summed E-state index contributed by atoms with van der Waals surface area (Å²) in [6.45, 7) is 3.74. The number of guanidine groups is 1. The Labute approximate surface area is 681 Å². The monoisotopic (exact) mass is 1690 g/mol. The molecule has 2 saturated heterocycles. The number of ketones is 6. The summed E-state index contributed by atoms with van der Waals surface area (Å²) in [5, 5.41) is 39.9. The molecule has 38 nitrogen and oxygen atoms in total. The Morgan fingerprint density at radius 2 is 1.03 bits per heavy atom. The zero-order chi connectivity index (χ0) is 84.1. The lowest BCUT2D eigenvalue weighted by Crippen LogP contribution is -2.53. The molecular weight excluding hydrogens is 1570 g/mol. The summed E-state index contributed by atoms with van der Waals surface area (Å²) in [6.07, 6.45) is -1.33. The van der Waals surface area contributed by atoms with Gasteiger partial charge in [-0.1, -0.05) is 51.9 Å². The maximum atomic E-state index is 14.9. The zero-order valence-corrected chi connectivity index (χ0v) is 67.9. The van der Waals surface area contributed by atoms with E-state index in [0.717, 1.165) is 33.3 Å². The molecule has 7 atom stereocenters. The Morgan fingerprint density at radius 1 is 0.513 bits per heavy atom. The molecule has 14 N–H and O–H groups in total. The number of benzene rings is 1. The second-order valence-electron chi connectivity index (χ2n) is 26.5. The molecule has 0 radical (unpaired) electrons. The van der Waals surface area contributed by atoms with Crippen molar-refractivity contribution in [2.24, 2.45) is 34.2 Å². The summed E-state index contributed by atoms with van der Waals surface area (Å²) in [7, 11) is 1.98. The van der Waals surface area contributed by atoms with E-state index in [1.54, 1.807) is 30.3 Å². The van der Waals surface area contributed by atoms with Gasteiger partial charge in [0.25, 0.3) is 0 Å². The standard InChI is InChI=1S/C74H117N11O27S3/c1-51(87)43-111-44-56(88)13-8-20-103-24-28-107-29-25-104-21-9-15-62(90)59-47-113-50-68(96)82-58(14-5-6-16-77-66(94)45-112-46-67(95)79-19-23-106-27-31-109-33-35-110-34-32-108-30-26-105-22-18-78-65(93)42-86)73(102)85-61-49-115-114-48-60(64(92)39-54(71(100)83-59)36-52-10-3-2-4-11-52)84-72(101)55(40-69(97)98)37-57(89)41-81-70(99)53(38-63(61)91)12-7-17-80-74(75)76/h2-4,10-11,53-55,58-61,86H,5-9,12-50H2,1H3,(H,77,94)(H,78,93)(H,79,95)(H,81,99)(H,82,96)(H,83,100)(H,84,101)(H,85,102)(H,97,98)(H4,75,76,80)/t53-,54-,55+,58+,59+,60+,61+/m1/s1. The van der Waals surface area contributed by atoms with Crippen molar-refractivity contribution in [1.82, 2.24) is 42.5 Å². The Balaban J connectivity index is 1.77. The largest absolute Gasteiger partial charge is 0.481 e. The molecule has 2 aliphatic rings. The number of ether oxygens (including phenoxy) is 10. The maximum absolute atomic E-state index is 14.9. The second kappa shape index (κ2) is 64.4. The van der Waals surface area contributed by atoms with E-state index in [-0.39, 0.29) is 191 Å². The van der Waals surface area contributed by atoms with Crippen molar-refractivity contribution in [3.05, 3.63) is 35.9 Å². The highest BCUT2D eigenvalue weighted by Crippen LogP contribution is 2.27. The molecule has 115 heavy (non-hydrogen) atoms. The van der Waals surface area contributed by atoms with Gasteiger partial charge in [-0.15, -0.1) is 11.8 Å². The lowest BCUT2D eigenvalue weighted by Gasteiger charge is -2.26. The van der Waals surface area contributed by atoms with Crippen LogP contribution in [0.15, 0.2) is 35.3 Å². The summed E-state index contributed by atoms with van der Waals surface area (Å²) < 4.78 is 54.3. The molecule has 2 bridgehead atoms. The molecule has 41 heteroatoms. The highest BCUT2D eigenvalue weighted by molar-refractivity contribution is 8.76. The number of nitrogens with zero attached hydrogens (tertiary/aromatic N) is 1. The molecule has 0 aromatic heterocycles. The van der Waals surface area contributed by atoms with Crippen molar-refractivity contribution < 1.29 is 129 Å². The number of rotatable bonds is 55. The average molecular weight is 1690 g/mol. The summed E-state index contributed by atoms with van der Waals surface area (Å²) >= 11 is 0.951. The normalized spacial score (nSPS) is 19.3. The fourth-order valence-corrected chi connectivity index (χ4v) is 14.2. The van der Waals surface area contributed by atoms with Crippen molar-refractivity contribution in [2.75, 3.05) is 194 Å². The van der Waals surface area contributed by atoms with Crippen LogP contribution in [-0.2, 0) is 126 Å². The number of aliphatic imine (C=N–C) groups is 1. The number of carboxylic acid groups (broad SMARTS) is 1. The minimum absolute atomic E-state index is 0.00290. The highest BCUT2D eigenvalue weighted by atomic mass is 33.1. The number of carbonyl (C=O) groups excluding carboxylic acids is 14. The molecule has 2 fully saturated rings. The number of nitrogens with two attached hydrogens (primary N) is 2. The topological polar surface area (TPSA) is 549 Å². The number of carbonyl (C=O) groups is 15. The third-order valence-corrected chi connectivity index (χ3v) is 20.2. The number of fused-ring (bicyclic) bond motifs is 5. The number of unbranched alkanes of at least 4 members (excludes halogenated alkanes) is 1. The average Bonchev–Trinajstić information content (AvgIpc) is 1.31. The highest BCUT2D eigenvalue weighted by Gasteiger charge is 2.36. The van der Waals surface area contributed by atoms with E-state index in [4.69, 9.17) is 63.9 Å². The van der Waals surface area contributed by atoms with E-state index >= 15 is 0 Å². The molecule has 0 spiro atoms. The van der Waals surface area contributed by atoms with Gasteiger partial charge in [0.2, 0.25) is 47.3 Å². The van der Waals surface area contributed by atoms with E-state index in [1.165, 1.54) is 6.92 Å². The first-order chi connectivity index (χ1) is 55.4. The fraction of sp³-hybridized carbons (Fsp3) is 0.703. The van der Waals surface area contributed by atoms with E-state index < -0.39 is 170 Å². The van der Waals surface area contributed by atoms with Crippen LogP contribution in [0.3, 0.4) is 0 Å². The lowest BCUT2D eigenvalue weighted by atomic mass is 9.90. The number of Topliss-reactive ketones (excluding diaryl/α,β-unsaturated/α-hetero) is 6. The number of amides is 8. The first-order valence-corrected chi connectivity index (χ1v) is 42.0. The predicted octanol–water partition coefficient (Wildman–Crippen LogP) is -2.35. The number of hydrogen-bond acceptors (Lipinski definition) is 30. The zero-order valence-electron chi connectivity index (χ0n) is 65.5. The minimum atomic E-state index is -1.55. The summed E-state index contributed by atoms with van der Waals surface area (Å²) in [4.78, 5) is 205. The van der Waals surface area contributed by atoms with Gasteiger partial charge in [0.1, 0.15) is 39.1 Å². The number of aliphatic hydroxyl groups is 1. The SMILES string of the molecule is CC(=O)COCC(=O)CCCOCCOCCOCCCC(=O)[C@@H]1CSCC(=O)N[C@@H](CCCCNC(=O)COCC(=O)NCCOCCOCCOCCOCCOCCNC(=O)CO)C(=O)N[C@H]2CSSC[C@H](NC(=O)[C@H](CC(=O)O)CC(=O)CNC(=O)[C@H](CCCN=C(N)N)CC2=O)C(=O)C[C@@H](Cc2ccccc2)C(=O)N1. The Hall–Kier alpha value is -7.65. The van der Waals surface area contributed by atoms with E-state index in [0.29, 0.717) is 64.8 Å². The maximum Gasteiger partial charge on any atom is 0.304 e. The van der Waals surface area contributed by atoms with Crippen LogP contribution in [0.25, 0.3) is 0 Å². The van der Waals surface area contributed by atoms with Crippen LogP contribution in [0.1, 0.15) is 96.0 Å². The molecule has 2 heterocycles. The van der Waals surface area contributed by atoms with Crippen LogP contribution in [0, 0.1) is 17.8 Å². The molecule has 2 aliphatic heterocycles. The molecule has 8 amide bonds. The number of aliphatic hydroxyl groups excluding tert-OH is 1. The van der Waals surface area contributed by atoms with E-state index in [9.17, 15) is 77.0 Å². The lowest BCUT2D eigenvalue weighted by molar-refractivity contribution is -0.142. The Morgan fingerprint density at radius 3 is 1.58 bits per heavy atom. The van der Waals surface area contributed by atoms with Gasteiger partial charge < -0.3 is 112 Å². The quantitative estimate of drug-likeness (QED) is 0.0141. The van der Waals surface area contributed by atoms with E-state index in [1.807, 2.05) is 0 Å². The van der Waals surface area contributed by atoms with Crippen molar-refractivity contribution in [3.63, 3.8) is 0 Å². The van der Waals surface area contributed by atoms with Crippen LogP contribution in [0.5, 0.6) is 0 Å². The molecular formula is C74H117N11O27S3. The molecule has 0 saturated carbocycles. The van der Waals surface area contributed by atoms with Crippen LogP contribution in [-0.4, -0.2) is 323 Å². The van der Waals surface area contributed by atoms with Crippen molar-refractivity contribution in [1.29, 1.82) is 0 Å². The Bertz CT molecular complexity index is 3170. The minimum Gasteiger partial charge on any atom is -0.481 e. The van der Waals surface area contributed by atoms with Gasteiger partial charge in [-0.3, -0.25) is 76.9 Å². The van der Waals surface area contributed by atoms with E-state index in [2.05, 4.69) is 47.5 Å². The van der Waals surface area contributed by atoms with Gasteiger partial charge in [0.05, 0.1) is 135 Å². The number of thioether (sulfide) groups is 1. The summed E-state index contributed by atoms with van der Waals surface area (Å²) in [6, 6.07) is 3.19. The van der Waals surface area contributed by atoms with Crippen molar-refractivity contribution in [2.45, 2.75) is 121 Å². The van der Waals surface area contributed by atoms with Gasteiger partial charge in [0, 0.05) is 101 Å². The first kappa shape index (κ1) is 102. The van der Waals surface area contributed by atoms with Crippen LogP contribution in [0.4, 0.5) is 0 Å². The molecule has 1 aromatic carbocycles. The number of carboxylic acids is 1. The molecule has 1 aromatic rings. The van der Waals surface area contributed by atoms with Gasteiger partial charge in [-0.2, -0.15) is 0 Å². The smallest absolute Gasteiger partial charge is 0.304 e. The van der Waals surface area contributed by atoms with Gasteiger partial charge in [-0.25, -0.2) is 0 Å². The first-order valence-electron chi connectivity index (χ1n) is 38.3. The van der Waals surface area contributed by atoms with Crippen LogP contribution < -0.4 is 54.0 Å². The molecule has 0 unspecified atom stereocenters. The summed E-state index contributed by atoms with van der Waals surface area (Å²) in [5.41, 5.74) is 11.7. The molecule has 3 rings (SSSR count). The van der Waals surface area contributed by atoms with Gasteiger partial charge >= 0.3 is 5.97 Å². The van der Waals surface area contributed by atoms with Crippen molar-refractivity contribution in [3.8, 4) is 0 Å². The molecule has 648 valence electrons. The van der Waals surface area contributed by atoms with Gasteiger partial charge in [0.15, 0.2) is 40.7 Å². The van der Waals surface area contributed by atoms with Crippen LogP contribution in [0.2, 0.25) is 0 Å². The van der Waals surface area contributed by atoms with Crippen LogP contribution >= 0.6 is 33.3 Å². The van der Waals surface area contributed by atoms with Gasteiger partial charge in [-0.05, 0) is 63.9 Å². The number of hydrogen-bond donors (Lipinski definition) is 12. The second-order valence-corrected chi connectivity index (χ2v) is 30.1.